The number of nitrogens with zero attached hydrogens (tertiary/aromatic N) is 2. The average molecular weight is 291 g/mol. The molecule has 1 aliphatic heterocycles. The molecule has 2 heterocycles. The largest absolute Gasteiger partial charge is 0.339 e. The predicted octanol–water partition coefficient (Wildman–Crippen LogP) is 3.93. The lowest BCUT2D eigenvalue weighted by Gasteiger charge is -2.34. The number of rotatable bonds is 4. The third-order valence-corrected chi connectivity index (χ3v) is 5.40. The van der Waals surface area contributed by atoms with Crippen molar-refractivity contribution >= 4 is 0 Å². The fourth-order valence-corrected chi connectivity index (χ4v) is 4.11. The summed E-state index contributed by atoms with van der Waals surface area (Å²) in [6.07, 6.45) is 12.5. The van der Waals surface area contributed by atoms with Crippen molar-refractivity contribution in [2.75, 3.05) is 13.1 Å². The molecule has 3 rings (SSSR count). The van der Waals surface area contributed by atoms with Gasteiger partial charge in [-0.05, 0) is 45.2 Å². The second-order valence-corrected chi connectivity index (χ2v) is 6.93. The topological polar surface area (TPSA) is 51.0 Å². The molecule has 1 saturated heterocycles. The normalized spacial score (nSPS) is 23.9. The van der Waals surface area contributed by atoms with Crippen molar-refractivity contribution in [3.63, 3.8) is 0 Å². The summed E-state index contributed by atoms with van der Waals surface area (Å²) in [6, 6.07) is 0. The van der Waals surface area contributed by atoms with Gasteiger partial charge in [0.2, 0.25) is 5.89 Å². The van der Waals surface area contributed by atoms with Crippen LogP contribution in [0.3, 0.4) is 0 Å². The van der Waals surface area contributed by atoms with E-state index < -0.39 is 0 Å². The van der Waals surface area contributed by atoms with E-state index in [0.29, 0.717) is 5.92 Å². The first kappa shape index (κ1) is 15.0. The Bertz CT molecular complexity index is 423. The van der Waals surface area contributed by atoms with E-state index in [4.69, 9.17) is 9.51 Å². The van der Waals surface area contributed by atoms with E-state index in [2.05, 4.69) is 17.4 Å². The fourth-order valence-electron chi connectivity index (χ4n) is 4.11. The summed E-state index contributed by atoms with van der Waals surface area (Å²) in [7, 11) is 0. The summed E-state index contributed by atoms with van der Waals surface area (Å²) >= 11 is 0. The van der Waals surface area contributed by atoms with E-state index in [1.165, 1.54) is 51.4 Å². The van der Waals surface area contributed by atoms with Crippen molar-refractivity contribution in [3.8, 4) is 0 Å². The smallest absolute Gasteiger partial charge is 0.232 e. The highest BCUT2D eigenvalue weighted by atomic mass is 16.5. The molecule has 21 heavy (non-hydrogen) atoms. The molecule has 0 aromatic carbocycles. The lowest BCUT2D eigenvalue weighted by Crippen LogP contribution is -2.40. The molecule has 0 amide bonds. The zero-order chi connectivity index (χ0) is 14.5. The van der Waals surface area contributed by atoms with Gasteiger partial charge < -0.3 is 9.84 Å². The Morgan fingerprint density at radius 2 is 1.86 bits per heavy atom. The molecular weight excluding hydrogens is 262 g/mol. The third-order valence-electron chi connectivity index (χ3n) is 5.40. The molecule has 1 aromatic rings. The Morgan fingerprint density at radius 1 is 1.14 bits per heavy atom. The molecule has 1 aromatic heterocycles. The molecule has 4 nitrogen and oxygen atoms in total. The van der Waals surface area contributed by atoms with Crippen molar-refractivity contribution in [2.45, 2.75) is 82.5 Å². The van der Waals surface area contributed by atoms with Gasteiger partial charge >= 0.3 is 0 Å². The summed E-state index contributed by atoms with van der Waals surface area (Å²) in [6.45, 7) is 4.40. The van der Waals surface area contributed by atoms with Crippen LogP contribution >= 0.6 is 0 Å². The van der Waals surface area contributed by atoms with Crippen LogP contribution in [0.15, 0.2) is 4.52 Å². The van der Waals surface area contributed by atoms with Crippen LogP contribution in [0.1, 0.15) is 88.8 Å². The van der Waals surface area contributed by atoms with Gasteiger partial charge in [-0.1, -0.05) is 44.2 Å². The molecular formula is C17H29N3O. The van der Waals surface area contributed by atoms with Crippen LogP contribution in [0, 0.1) is 0 Å². The van der Waals surface area contributed by atoms with Gasteiger partial charge in [0, 0.05) is 5.92 Å². The quantitative estimate of drug-likeness (QED) is 0.854. The maximum absolute atomic E-state index is 5.77. The highest BCUT2D eigenvalue weighted by molar-refractivity contribution is 5.09. The van der Waals surface area contributed by atoms with E-state index in [9.17, 15) is 0 Å². The molecule has 1 N–H and O–H groups in total. The van der Waals surface area contributed by atoms with Gasteiger partial charge in [0.25, 0.3) is 0 Å². The molecule has 0 bridgehead atoms. The number of hydrogen-bond acceptors (Lipinski definition) is 4. The summed E-state index contributed by atoms with van der Waals surface area (Å²) in [5, 5.41) is 7.83. The summed E-state index contributed by atoms with van der Waals surface area (Å²) in [5.41, 5.74) is 0.135. The van der Waals surface area contributed by atoms with E-state index in [1.807, 2.05) is 0 Å². The second-order valence-electron chi connectivity index (χ2n) is 6.93. The van der Waals surface area contributed by atoms with Crippen LogP contribution in [0.5, 0.6) is 0 Å². The van der Waals surface area contributed by atoms with Gasteiger partial charge in [-0.3, -0.25) is 0 Å². The van der Waals surface area contributed by atoms with Crippen LogP contribution in [-0.4, -0.2) is 23.2 Å². The predicted molar refractivity (Wildman–Crippen MR) is 83.4 cm³/mol. The molecule has 2 aliphatic rings. The minimum absolute atomic E-state index is 0.135. The zero-order valence-electron chi connectivity index (χ0n) is 13.4. The maximum Gasteiger partial charge on any atom is 0.232 e. The summed E-state index contributed by atoms with van der Waals surface area (Å²) < 4.78 is 5.77. The Balaban J connectivity index is 1.78. The first-order chi connectivity index (χ1) is 10.3. The Hall–Kier alpha value is -0.900. The van der Waals surface area contributed by atoms with Crippen LogP contribution in [0.2, 0.25) is 0 Å². The first-order valence-corrected chi connectivity index (χ1v) is 8.89. The highest BCUT2D eigenvalue weighted by Gasteiger charge is 2.38. The Kier molecular flexibility index (Phi) is 4.94. The number of hydrogen-bond donors (Lipinski definition) is 1. The SMILES string of the molecule is CCCC1(c2nc(C3CCCCCC3)no2)CCNCC1. The van der Waals surface area contributed by atoms with E-state index in [0.717, 1.165) is 37.6 Å². The number of piperidine rings is 1. The van der Waals surface area contributed by atoms with Gasteiger partial charge in [-0.15, -0.1) is 0 Å². The highest BCUT2D eigenvalue weighted by Crippen LogP contribution is 2.38. The molecule has 0 spiro atoms. The van der Waals surface area contributed by atoms with Crippen molar-refractivity contribution in [1.29, 1.82) is 0 Å². The van der Waals surface area contributed by atoms with Crippen LogP contribution in [0.25, 0.3) is 0 Å². The average Bonchev–Trinajstić information content (AvgIpc) is 2.86. The molecule has 0 unspecified atom stereocenters. The van der Waals surface area contributed by atoms with Crippen molar-refractivity contribution in [2.24, 2.45) is 0 Å². The van der Waals surface area contributed by atoms with Gasteiger partial charge in [0.05, 0.1) is 5.41 Å². The Morgan fingerprint density at radius 3 is 2.52 bits per heavy atom. The molecule has 118 valence electrons. The minimum atomic E-state index is 0.135. The monoisotopic (exact) mass is 291 g/mol. The maximum atomic E-state index is 5.77. The molecule has 4 heteroatoms. The second kappa shape index (κ2) is 6.91. The van der Waals surface area contributed by atoms with E-state index in [-0.39, 0.29) is 5.41 Å². The van der Waals surface area contributed by atoms with Crippen LogP contribution in [-0.2, 0) is 5.41 Å². The van der Waals surface area contributed by atoms with Crippen LogP contribution in [0.4, 0.5) is 0 Å². The summed E-state index contributed by atoms with van der Waals surface area (Å²) in [4.78, 5) is 4.88. The van der Waals surface area contributed by atoms with E-state index in [1.54, 1.807) is 0 Å². The molecule has 1 saturated carbocycles. The molecule has 2 fully saturated rings. The fraction of sp³-hybridized carbons (Fsp3) is 0.882. The van der Waals surface area contributed by atoms with Gasteiger partial charge in [0.1, 0.15) is 0 Å². The van der Waals surface area contributed by atoms with Crippen molar-refractivity contribution in [1.82, 2.24) is 15.5 Å². The lowest BCUT2D eigenvalue weighted by molar-refractivity contribution is 0.208. The third kappa shape index (κ3) is 3.31. The molecule has 0 atom stereocenters. The van der Waals surface area contributed by atoms with E-state index >= 15 is 0 Å². The number of nitrogens with one attached hydrogen (secondary N) is 1. The zero-order valence-corrected chi connectivity index (χ0v) is 13.4. The van der Waals surface area contributed by atoms with Gasteiger partial charge in [0.15, 0.2) is 5.82 Å². The first-order valence-electron chi connectivity index (χ1n) is 8.89. The molecule has 0 radical (unpaired) electrons. The molecule has 1 aliphatic carbocycles. The van der Waals surface area contributed by atoms with Crippen LogP contribution < -0.4 is 5.32 Å². The Labute approximate surface area is 128 Å². The standard InChI is InChI=1S/C17H29N3O/c1-2-9-17(10-12-18-13-11-17)16-19-15(20-21-16)14-7-5-3-4-6-8-14/h14,18H,2-13H2,1H3. The summed E-state index contributed by atoms with van der Waals surface area (Å²) in [5.74, 6) is 2.44. The van der Waals surface area contributed by atoms with Gasteiger partial charge in [-0.25, -0.2) is 0 Å². The van der Waals surface area contributed by atoms with Crippen molar-refractivity contribution in [3.05, 3.63) is 11.7 Å². The number of aromatic nitrogens is 2. The van der Waals surface area contributed by atoms with Gasteiger partial charge in [-0.2, -0.15) is 4.98 Å². The van der Waals surface area contributed by atoms with Crippen molar-refractivity contribution < 1.29 is 4.52 Å². The minimum Gasteiger partial charge on any atom is -0.339 e. The lowest BCUT2D eigenvalue weighted by atomic mass is 9.75.